The maximum Gasteiger partial charge on any atom is 0.301 e. The molecule has 3 N–H and O–H groups in total. The van der Waals surface area contributed by atoms with Crippen molar-refractivity contribution in [2.45, 2.75) is 13.0 Å². The van der Waals surface area contributed by atoms with Crippen molar-refractivity contribution in [2.75, 3.05) is 27.3 Å². The first-order valence-electron chi connectivity index (χ1n) is 6.86. The molecular formula is C15H21N3O3. The number of nitrogens with zero attached hydrogens (tertiary/aromatic N) is 1. The quantitative estimate of drug-likeness (QED) is 0.350. The van der Waals surface area contributed by atoms with Crippen molar-refractivity contribution >= 4 is 16.9 Å². The van der Waals surface area contributed by atoms with Crippen LogP contribution in [0.5, 0.6) is 0 Å². The van der Waals surface area contributed by atoms with E-state index in [9.17, 15) is 4.79 Å². The van der Waals surface area contributed by atoms with Gasteiger partial charge in [0.05, 0.1) is 0 Å². The van der Waals surface area contributed by atoms with E-state index >= 15 is 0 Å². The van der Waals surface area contributed by atoms with Crippen molar-refractivity contribution in [1.29, 1.82) is 0 Å². The van der Waals surface area contributed by atoms with Gasteiger partial charge in [-0.1, -0.05) is 18.2 Å². The predicted octanol–water partition coefficient (Wildman–Crippen LogP) is 1.50. The second kappa shape index (κ2) is 7.21. The summed E-state index contributed by atoms with van der Waals surface area (Å²) in [6.07, 6.45) is 0.932. The first-order valence-corrected chi connectivity index (χ1v) is 6.86. The molecule has 0 saturated heterocycles. The molecule has 1 aromatic heterocycles. The lowest BCUT2D eigenvalue weighted by atomic mass is 10.1. The number of ether oxygens (including phenoxy) is 1. The Morgan fingerprint density at radius 1 is 1.43 bits per heavy atom. The van der Waals surface area contributed by atoms with Gasteiger partial charge in [-0.05, 0) is 19.5 Å². The highest BCUT2D eigenvalue weighted by atomic mass is 16.5. The molecule has 0 radical (unpaired) electrons. The lowest BCUT2D eigenvalue weighted by Gasteiger charge is -2.16. The van der Waals surface area contributed by atoms with Gasteiger partial charge in [0.2, 0.25) is 0 Å². The van der Waals surface area contributed by atoms with Crippen molar-refractivity contribution in [3.63, 3.8) is 0 Å². The first kappa shape index (κ1) is 15.5. The number of amides is 1. The standard InChI is InChI=1S/C15H21N3O3/c1-18(8-5-9-20-2)10-12-11-6-3-4-7-13(11)21-14(12)15(19)17-16/h3-4,6-7H,5,8-10,16H2,1-2H3,(H,17,19). The van der Waals surface area contributed by atoms with Crippen molar-refractivity contribution in [2.24, 2.45) is 5.84 Å². The Bertz CT molecular complexity index is 609. The minimum Gasteiger partial charge on any atom is -0.451 e. The van der Waals surface area contributed by atoms with Crippen LogP contribution in [0.3, 0.4) is 0 Å². The number of nitrogen functional groups attached to an aromatic ring is 1. The summed E-state index contributed by atoms with van der Waals surface area (Å²) in [5.74, 6) is 5.10. The van der Waals surface area contributed by atoms with Crippen LogP contribution in [0.2, 0.25) is 0 Å². The summed E-state index contributed by atoms with van der Waals surface area (Å²) in [6, 6.07) is 7.60. The number of rotatable bonds is 7. The number of methoxy groups -OCH3 is 1. The number of benzene rings is 1. The highest BCUT2D eigenvalue weighted by Gasteiger charge is 2.20. The van der Waals surface area contributed by atoms with E-state index in [4.69, 9.17) is 15.0 Å². The summed E-state index contributed by atoms with van der Waals surface area (Å²) in [7, 11) is 3.69. The van der Waals surface area contributed by atoms with Gasteiger partial charge < -0.3 is 14.1 Å². The fraction of sp³-hybridized carbons (Fsp3) is 0.400. The Morgan fingerprint density at radius 2 is 2.19 bits per heavy atom. The summed E-state index contributed by atoms with van der Waals surface area (Å²) < 4.78 is 10.7. The summed E-state index contributed by atoms with van der Waals surface area (Å²) in [6.45, 7) is 2.20. The largest absolute Gasteiger partial charge is 0.451 e. The monoisotopic (exact) mass is 291 g/mol. The molecule has 0 aliphatic carbocycles. The molecule has 6 nitrogen and oxygen atoms in total. The van der Waals surface area contributed by atoms with E-state index in [0.29, 0.717) is 18.7 Å². The van der Waals surface area contributed by atoms with Crippen LogP contribution in [-0.2, 0) is 11.3 Å². The average Bonchev–Trinajstić information content (AvgIpc) is 2.85. The fourth-order valence-electron chi connectivity index (χ4n) is 2.33. The molecule has 21 heavy (non-hydrogen) atoms. The summed E-state index contributed by atoms with van der Waals surface area (Å²) >= 11 is 0. The van der Waals surface area contributed by atoms with Crippen LogP contribution in [-0.4, -0.2) is 38.1 Å². The lowest BCUT2D eigenvalue weighted by molar-refractivity contribution is 0.0925. The Labute approximate surface area is 123 Å². The normalized spacial score (nSPS) is 11.2. The van der Waals surface area contributed by atoms with E-state index in [0.717, 1.165) is 23.9 Å². The van der Waals surface area contributed by atoms with Gasteiger partial charge in [-0.15, -0.1) is 0 Å². The van der Waals surface area contributed by atoms with Gasteiger partial charge in [-0.25, -0.2) is 5.84 Å². The molecule has 1 aromatic carbocycles. The summed E-state index contributed by atoms with van der Waals surface area (Å²) in [5.41, 5.74) is 3.68. The molecule has 114 valence electrons. The topological polar surface area (TPSA) is 80.7 Å². The molecule has 0 fully saturated rings. The van der Waals surface area contributed by atoms with Crippen molar-refractivity contribution in [3.05, 3.63) is 35.6 Å². The maximum absolute atomic E-state index is 11.9. The number of nitrogens with two attached hydrogens (primary N) is 1. The molecule has 0 aliphatic rings. The Hall–Kier alpha value is -1.89. The van der Waals surface area contributed by atoms with E-state index in [1.807, 2.05) is 31.3 Å². The van der Waals surface area contributed by atoms with Gasteiger partial charge >= 0.3 is 5.91 Å². The fourth-order valence-corrected chi connectivity index (χ4v) is 2.33. The third kappa shape index (κ3) is 3.60. The third-order valence-corrected chi connectivity index (χ3v) is 3.35. The Morgan fingerprint density at radius 3 is 2.90 bits per heavy atom. The smallest absolute Gasteiger partial charge is 0.301 e. The second-order valence-corrected chi connectivity index (χ2v) is 4.96. The van der Waals surface area contributed by atoms with Crippen molar-refractivity contribution < 1.29 is 13.9 Å². The van der Waals surface area contributed by atoms with Gasteiger partial charge in [0.15, 0.2) is 5.76 Å². The Balaban J connectivity index is 2.25. The van der Waals surface area contributed by atoms with Crippen LogP contribution in [0.15, 0.2) is 28.7 Å². The molecule has 1 amide bonds. The number of hydrogen-bond acceptors (Lipinski definition) is 5. The number of fused-ring (bicyclic) bond motifs is 1. The molecule has 6 heteroatoms. The van der Waals surface area contributed by atoms with Gasteiger partial charge in [0.25, 0.3) is 0 Å². The van der Waals surface area contributed by atoms with Gasteiger partial charge in [-0.2, -0.15) is 0 Å². The molecule has 0 atom stereocenters. The number of para-hydroxylation sites is 1. The highest BCUT2D eigenvalue weighted by Crippen LogP contribution is 2.26. The zero-order valence-corrected chi connectivity index (χ0v) is 12.4. The minimum absolute atomic E-state index is 0.275. The first-order chi connectivity index (χ1) is 10.2. The lowest BCUT2D eigenvalue weighted by Crippen LogP contribution is -2.31. The van der Waals surface area contributed by atoms with Crippen LogP contribution < -0.4 is 11.3 Å². The second-order valence-electron chi connectivity index (χ2n) is 4.96. The van der Waals surface area contributed by atoms with E-state index in [2.05, 4.69) is 10.3 Å². The average molecular weight is 291 g/mol. The van der Waals surface area contributed by atoms with E-state index in [-0.39, 0.29) is 5.76 Å². The minimum atomic E-state index is -0.411. The number of nitrogens with one attached hydrogen (secondary N) is 1. The summed E-state index contributed by atoms with van der Waals surface area (Å²) in [4.78, 5) is 14.0. The van der Waals surface area contributed by atoms with E-state index < -0.39 is 5.91 Å². The SMILES string of the molecule is COCCCN(C)Cc1c(C(=O)NN)oc2ccccc12. The molecular weight excluding hydrogens is 270 g/mol. The molecule has 1 heterocycles. The molecule has 0 unspecified atom stereocenters. The number of carbonyl (C=O) groups excluding carboxylic acids is 1. The van der Waals surface area contributed by atoms with E-state index in [1.54, 1.807) is 7.11 Å². The molecule has 0 saturated carbocycles. The number of carbonyl (C=O) groups is 1. The van der Waals surface area contributed by atoms with Crippen LogP contribution in [0.1, 0.15) is 22.5 Å². The zero-order valence-electron chi connectivity index (χ0n) is 12.4. The van der Waals surface area contributed by atoms with Crippen LogP contribution >= 0.6 is 0 Å². The van der Waals surface area contributed by atoms with Crippen LogP contribution in [0, 0.1) is 0 Å². The van der Waals surface area contributed by atoms with Gasteiger partial charge in [-0.3, -0.25) is 10.2 Å². The molecule has 2 rings (SSSR count). The Kier molecular flexibility index (Phi) is 5.32. The third-order valence-electron chi connectivity index (χ3n) is 3.35. The van der Waals surface area contributed by atoms with Crippen molar-refractivity contribution in [1.82, 2.24) is 10.3 Å². The predicted molar refractivity (Wildman–Crippen MR) is 80.7 cm³/mol. The van der Waals surface area contributed by atoms with Crippen LogP contribution in [0.25, 0.3) is 11.0 Å². The molecule has 2 aromatic rings. The number of hydrazine groups is 1. The molecule has 0 spiro atoms. The van der Waals surface area contributed by atoms with Crippen LogP contribution in [0.4, 0.5) is 0 Å². The summed E-state index contributed by atoms with van der Waals surface area (Å²) in [5, 5.41) is 0.940. The number of hydrogen-bond donors (Lipinski definition) is 2. The molecule has 0 aliphatic heterocycles. The van der Waals surface area contributed by atoms with E-state index in [1.165, 1.54) is 0 Å². The molecule has 0 bridgehead atoms. The maximum atomic E-state index is 11.9. The van der Waals surface area contributed by atoms with Crippen molar-refractivity contribution in [3.8, 4) is 0 Å². The highest BCUT2D eigenvalue weighted by molar-refractivity contribution is 5.98. The zero-order chi connectivity index (χ0) is 15.2. The van der Waals surface area contributed by atoms with Gasteiger partial charge in [0, 0.05) is 37.8 Å². The number of furan rings is 1. The van der Waals surface area contributed by atoms with Gasteiger partial charge in [0.1, 0.15) is 5.58 Å².